The van der Waals surface area contributed by atoms with E-state index in [1.54, 1.807) is 13.2 Å². The highest BCUT2D eigenvalue weighted by Crippen LogP contribution is 2.36. The van der Waals surface area contributed by atoms with E-state index in [0.717, 1.165) is 17.2 Å². The molecule has 2 rings (SSSR count). The molecule has 0 saturated heterocycles. The van der Waals surface area contributed by atoms with Gasteiger partial charge in [-0.05, 0) is 23.4 Å². The van der Waals surface area contributed by atoms with Crippen LogP contribution in [-0.2, 0) is 11.2 Å². The van der Waals surface area contributed by atoms with Crippen LogP contribution in [0, 0.1) is 0 Å². The molecule has 1 N–H and O–H groups in total. The molecular weight excluding hydrogens is 216 g/mol. The molecule has 0 amide bonds. The maximum absolute atomic E-state index is 9.82. The van der Waals surface area contributed by atoms with Gasteiger partial charge in [0, 0.05) is 12.5 Å². The van der Waals surface area contributed by atoms with Gasteiger partial charge in [0.1, 0.15) is 0 Å². The first-order valence-corrected chi connectivity index (χ1v) is 5.63. The van der Waals surface area contributed by atoms with E-state index in [0.29, 0.717) is 5.75 Å². The van der Waals surface area contributed by atoms with Crippen molar-refractivity contribution in [1.29, 1.82) is 0 Å². The molecule has 0 aromatic heterocycles. The van der Waals surface area contributed by atoms with Crippen LogP contribution in [0.3, 0.4) is 0 Å². The molecular formula is C14H16O3. The third kappa shape index (κ3) is 2.19. The fraction of sp³-hybridized carbons (Fsp3) is 0.286. The Balaban J connectivity index is 2.60. The SMILES string of the molecule is CCc1cccc2c(OCOC)c(O)ccc12. The van der Waals surface area contributed by atoms with Crippen molar-refractivity contribution >= 4 is 10.8 Å². The number of aromatic hydroxyl groups is 1. The molecule has 0 unspecified atom stereocenters. The summed E-state index contributed by atoms with van der Waals surface area (Å²) in [6.45, 7) is 2.24. The van der Waals surface area contributed by atoms with Gasteiger partial charge in [0.05, 0.1) is 0 Å². The van der Waals surface area contributed by atoms with E-state index in [9.17, 15) is 5.11 Å². The summed E-state index contributed by atoms with van der Waals surface area (Å²) in [6, 6.07) is 9.58. The largest absolute Gasteiger partial charge is 0.504 e. The van der Waals surface area contributed by atoms with Crippen molar-refractivity contribution < 1.29 is 14.6 Å². The number of hydrogen-bond donors (Lipinski definition) is 1. The molecule has 2 aromatic rings. The van der Waals surface area contributed by atoms with Crippen LogP contribution in [0.4, 0.5) is 0 Å². The van der Waals surface area contributed by atoms with Crippen LogP contribution in [0.2, 0.25) is 0 Å². The first-order valence-electron chi connectivity index (χ1n) is 5.63. The van der Waals surface area contributed by atoms with Gasteiger partial charge in [-0.3, -0.25) is 0 Å². The highest BCUT2D eigenvalue weighted by molar-refractivity contribution is 5.93. The van der Waals surface area contributed by atoms with E-state index in [2.05, 4.69) is 13.0 Å². The zero-order chi connectivity index (χ0) is 12.3. The maximum atomic E-state index is 9.82. The summed E-state index contributed by atoms with van der Waals surface area (Å²) in [6.07, 6.45) is 0.950. The quantitative estimate of drug-likeness (QED) is 0.823. The topological polar surface area (TPSA) is 38.7 Å². The van der Waals surface area contributed by atoms with E-state index in [1.165, 1.54) is 5.56 Å². The molecule has 17 heavy (non-hydrogen) atoms. The Morgan fingerprint density at radius 2 is 1.94 bits per heavy atom. The molecule has 0 radical (unpaired) electrons. The first kappa shape index (κ1) is 11.7. The Morgan fingerprint density at radius 3 is 2.65 bits per heavy atom. The minimum Gasteiger partial charge on any atom is -0.504 e. The van der Waals surface area contributed by atoms with Crippen LogP contribution in [0.15, 0.2) is 30.3 Å². The van der Waals surface area contributed by atoms with Crippen LogP contribution in [0.25, 0.3) is 10.8 Å². The van der Waals surface area contributed by atoms with Crippen molar-refractivity contribution in [2.45, 2.75) is 13.3 Å². The van der Waals surface area contributed by atoms with Gasteiger partial charge in [-0.1, -0.05) is 31.2 Å². The summed E-state index contributed by atoms with van der Waals surface area (Å²) in [7, 11) is 1.56. The number of aryl methyl sites for hydroxylation is 1. The predicted molar refractivity (Wildman–Crippen MR) is 67.5 cm³/mol. The molecule has 0 heterocycles. The molecule has 0 spiro atoms. The average molecular weight is 232 g/mol. The van der Waals surface area contributed by atoms with Gasteiger partial charge in [0.25, 0.3) is 0 Å². The lowest BCUT2D eigenvalue weighted by Crippen LogP contribution is -2.00. The van der Waals surface area contributed by atoms with Gasteiger partial charge in [0.15, 0.2) is 18.3 Å². The third-order valence-electron chi connectivity index (χ3n) is 2.78. The Morgan fingerprint density at radius 1 is 1.12 bits per heavy atom. The number of methoxy groups -OCH3 is 1. The highest BCUT2D eigenvalue weighted by Gasteiger charge is 2.09. The summed E-state index contributed by atoms with van der Waals surface area (Å²) in [5.74, 6) is 0.627. The molecule has 0 fully saturated rings. The Bertz CT molecular complexity index is 520. The minimum absolute atomic E-state index is 0.128. The molecule has 90 valence electrons. The molecule has 0 saturated carbocycles. The lowest BCUT2D eigenvalue weighted by molar-refractivity contribution is 0.0504. The van der Waals surface area contributed by atoms with Crippen molar-refractivity contribution in [2.75, 3.05) is 13.9 Å². The maximum Gasteiger partial charge on any atom is 0.188 e. The lowest BCUT2D eigenvalue weighted by Gasteiger charge is -2.12. The van der Waals surface area contributed by atoms with Gasteiger partial charge in [-0.25, -0.2) is 0 Å². The van der Waals surface area contributed by atoms with E-state index < -0.39 is 0 Å². The number of fused-ring (bicyclic) bond motifs is 1. The van der Waals surface area contributed by atoms with Crippen molar-refractivity contribution in [1.82, 2.24) is 0 Å². The number of hydrogen-bond acceptors (Lipinski definition) is 3. The molecule has 3 nitrogen and oxygen atoms in total. The third-order valence-corrected chi connectivity index (χ3v) is 2.78. The number of rotatable bonds is 4. The second-order valence-corrected chi connectivity index (χ2v) is 3.83. The van der Waals surface area contributed by atoms with Gasteiger partial charge < -0.3 is 14.6 Å². The molecule has 0 aliphatic heterocycles. The minimum atomic E-state index is 0.128. The van der Waals surface area contributed by atoms with Crippen LogP contribution in [0.1, 0.15) is 12.5 Å². The van der Waals surface area contributed by atoms with E-state index in [1.807, 2.05) is 18.2 Å². The van der Waals surface area contributed by atoms with Crippen molar-refractivity contribution in [3.8, 4) is 11.5 Å². The number of ether oxygens (including phenoxy) is 2. The van der Waals surface area contributed by atoms with Gasteiger partial charge in [-0.15, -0.1) is 0 Å². The van der Waals surface area contributed by atoms with Crippen molar-refractivity contribution in [2.24, 2.45) is 0 Å². The highest BCUT2D eigenvalue weighted by atomic mass is 16.7. The van der Waals surface area contributed by atoms with Gasteiger partial charge in [0.2, 0.25) is 0 Å². The summed E-state index contributed by atoms with van der Waals surface area (Å²) < 4.78 is 10.3. The molecule has 0 aliphatic rings. The molecule has 2 aromatic carbocycles. The number of phenols is 1. The summed E-state index contributed by atoms with van der Waals surface area (Å²) in [5.41, 5.74) is 1.24. The standard InChI is InChI=1S/C14H16O3/c1-3-10-5-4-6-12-11(10)7-8-13(15)14(12)17-9-16-2/h4-8,15H,3,9H2,1-2H3. The van der Waals surface area contributed by atoms with Crippen molar-refractivity contribution in [3.63, 3.8) is 0 Å². The fourth-order valence-corrected chi connectivity index (χ4v) is 1.96. The van der Waals surface area contributed by atoms with Gasteiger partial charge in [-0.2, -0.15) is 0 Å². The summed E-state index contributed by atoms with van der Waals surface area (Å²) in [5, 5.41) is 11.8. The normalized spacial score (nSPS) is 10.7. The smallest absolute Gasteiger partial charge is 0.188 e. The van der Waals surface area contributed by atoms with Crippen LogP contribution in [0.5, 0.6) is 11.5 Å². The first-order chi connectivity index (χ1) is 8.27. The zero-order valence-electron chi connectivity index (χ0n) is 10.1. The van der Waals surface area contributed by atoms with Gasteiger partial charge >= 0.3 is 0 Å². The van der Waals surface area contributed by atoms with Crippen LogP contribution < -0.4 is 4.74 Å². The Labute approximate surface area is 101 Å². The van der Waals surface area contributed by atoms with E-state index in [4.69, 9.17) is 9.47 Å². The molecule has 0 bridgehead atoms. The monoisotopic (exact) mass is 232 g/mol. The van der Waals surface area contributed by atoms with Crippen LogP contribution >= 0.6 is 0 Å². The van der Waals surface area contributed by atoms with Crippen LogP contribution in [-0.4, -0.2) is 19.0 Å². The second kappa shape index (κ2) is 5.06. The number of phenolic OH excluding ortho intramolecular Hbond substituents is 1. The predicted octanol–water partition coefficient (Wildman–Crippen LogP) is 3.09. The lowest BCUT2D eigenvalue weighted by atomic mass is 10.0. The second-order valence-electron chi connectivity index (χ2n) is 3.83. The molecule has 0 atom stereocenters. The Hall–Kier alpha value is -1.74. The van der Waals surface area contributed by atoms with E-state index in [-0.39, 0.29) is 12.5 Å². The zero-order valence-corrected chi connectivity index (χ0v) is 10.1. The summed E-state index contributed by atoms with van der Waals surface area (Å²) >= 11 is 0. The average Bonchev–Trinajstić information content (AvgIpc) is 2.36. The molecule has 3 heteroatoms. The van der Waals surface area contributed by atoms with E-state index >= 15 is 0 Å². The summed E-state index contributed by atoms with van der Waals surface area (Å²) in [4.78, 5) is 0. The number of benzene rings is 2. The fourth-order valence-electron chi connectivity index (χ4n) is 1.96. The Kier molecular flexibility index (Phi) is 3.49. The molecule has 0 aliphatic carbocycles. The van der Waals surface area contributed by atoms with Crippen molar-refractivity contribution in [3.05, 3.63) is 35.9 Å².